The Morgan fingerprint density at radius 2 is 0.828 bits per heavy atom. The number of hydrogen-bond donors (Lipinski definition) is 2. The highest BCUT2D eigenvalue weighted by Crippen LogP contribution is 2.30. The Hall–Kier alpha value is -2.34. The average molecular weight is 963 g/mol. The fraction of sp³-hybridized carbons (Fsp3) is 0.951. The number of nitrogens with one attached hydrogen (secondary N) is 2. The van der Waals surface area contributed by atoms with Crippen LogP contribution in [-0.2, 0) is 23.8 Å². The molecule has 0 aromatic carbocycles. The lowest BCUT2D eigenvalue weighted by Gasteiger charge is -2.43. The van der Waals surface area contributed by atoms with E-state index in [-0.39, 0.29) is 30.9 Å². The van der Waals surface area contributed by atoms with Crippen molar-refractivity contribution in [2.75, 3.05) is 98.2 Å². The van der Waals surface area contributed by atoms with Crippen LogP contribution in [0.3, 0.4) is 0 Å². The van der Waals surface area contributed by atoms with E-state index in [1.165, 1.54) is 38.8 Å². The summed E-state index contributed by atoms with van der Waals surface area (Å²) >= 11 is 0. The van der Waals surface area contributed by atoms with Gasteiger partial charge in [-0.05, 0) is 142 Å². The van der Waals surface area contributed by atoms with E-state index in [1.54, 1.807) is 4.90 Å². The van der Waals surface area contributed by atoms with Gasteiger partial charge in [0.2, 0.25) is 0 Å². The highest BCUT2D eigenvalue weighted by Gasteiger charge is 2.47. The molecule has 64 heavy (non-hydrogen) atoms. The van der Waals surface area contributed by atoms with E-state index in [0.29, 0.717) is 23.7 Å². The van der Waals surface area contributed by atoms with Gasteiger partial charge in [-0.25, -0.2) is 35.9 Å². The lowest BCUT2D eigenvalue weighted by Crippen LogP contribution is -2.52. The summed E-state index contributed by atoms with van der Waals surface area (Å²) in [6, 6.07) is 0. The molecule has 23 heteroatoms. The highest BCUT2D eigenvalue weighted by molar-refractivity contribution is 7.87. The smallest absolute Gasteiger partial charge is 0.444 e. The number of halogens is 9. The summed E-state index contributed by atoms with van der Waals surface area (Å²) < 4.78 is 138. The molecule has 6 heterocycles. The lowest BCUT2D eigenvalue weighted by atomic mass is 9.87. The topological polar surface area (TPSA) is 133 Å². The summed E-state index contributed by atoms with van der Waals surface area (Å²) in [5, 5.41) is 6.54. The molecule has 0 spiro atoms. The molecule has 376 valence electrons. The van der Waals surface area contributed by atoms with Crippen LogP contribution in [-0.4, -0.2) is 174 Å². The zero-order valence-electron chi connectivity index (χ0n) is 38.0. The van der Waals surface area contributed by atoms with Gasteiger partial charge in [-0.2, -0.15) is 21.6 Å². The fourth-order valence-corrected chi connectivity index (χ4v) is 8.01. The monoisotopic (exact) mass is 962 g/mol. The molecule has 0 bridgehead atoms. The minimum absolute atomic E-state index is 0.0263. The Morgan fingerprint density at radius 1 is 0.531 bits per heavy atom. The Bertz CT molecular complexity index is 1490. The number of carbonyl (C=O) groups is 2. The normalized spacial score (nSPS) is 20.9. The number of alkyl halides is 9. The van der Waals surface area contributed by atoms with Gasteiger partial charge in [0.05, 0.1) is 13.1 Å². The van der Waals surface area contributed by atoms with Crippen LogP contribution in [0, 0.1) is 35.5 Å². The van der Waals surface area contributed by atoms with Crippen molar-refractivity contribution in [1.29, 1.82) is 0 Å². The van der Waals surface area contributed by atoms with Crippen LogP contribution in [0.4, 0.5) is 49.1 Å². The molecule has 6 aliphatic rings. The zero-order valence-corrected chi connectivity index (χ0v) is 38.8. The Labute approximate surface area is 372 Å². The number of amides is 2. The third-order valence-electron chi connectivity index (χ3n) is 11.4. The highest BCUT2D eigenvalue weighted by atomic mass is 32.2. The molecular formula is C41H71F9N6O7S. The van der Waals surface area contributed by atoms with Crippen LogP contribution in [0.25, 0.3) is 0 Å². The summed E-state index contributed by atoms with van der Waals surface area (Å²) in [7, 11) is -5.87. The number of nitrogens with zero attached hydrogens (tertiary/aromatic N) is 4. The predicted octanol–water partition coefficient (Wildman–Crippen LogP) is 6.98. The first-order chi connectivity index (χ1) is 29.6. The number of likely N-dealkylation sites (tertiary alicyclic amines) is 4. The second-order valence-corrected chi connectivity index (χ2v) is 21.4. The zero-order chi connectivity index (χ0) is 48.0. The summed E-state index contributed by atoms with van der Waals surface area (Å²) in [5.41, 5.74) is -6.47. The van der Waals surface area contributed by atoms with Gasteiger partial charge in [0, 0.05) is 52.4 Å². The quantitative estimate of drug-likeness (QED) is 0.0944. The SMILES string of the molecule is CC(C)(C)OC(=O)N1CC(CCC2CN(CC(F)F)C2)C1.CC(C)(C)OC(=O)N1CC(CCC2CNC2)C1.FC(F)CN1CC(CCC2CNC2)C1.O=S(=O)(OCC(F)F)C(F)(F)F. The third-order valence-corrected chi connectivity index (χ3v) is 12.4. The minimum atomic E-state index is -5.87. The van der Waals surface area contributed by atoms with Crippen molar-refractivity contribution in [2.45, 2.75) is 116 Å². The molecule has 6 aliphatic heterocycles. The fourth-order valence-electron chi connectivity index (χ4n) is 7.59. The summed E-state index contributed by atoms with van der Waals surface area (Å²) in [6.07, 6.45) is -0.810. The largest absolute Gasteiger partial charge is 0.523 e. The van der Waals surface area contributed by atoms with Gasteiger partial charge in [0.1, 0.15) is 17.8 Å². The molecule has 0 aliphatic carbocycles. The number of ether oxygens (including phenoxy) is 2. The molecule has 6 saturated heterocycles. The van der Waals surface area contributed by atoms with Gasteiger partial charge >= 0.3 is 27.8 Å². The molecule has 0 saturated carbocycles. The van der Waals surface area contributed by atoms with Crippen molar-refractivity contribution in [3.8, 4) is 0 Å². The third kappa shape index (κ3) is 21.5. The first-order valence-corrected chi connectivity index (χ1v) is 23.6. The van der Waals surface area contributed by atoms with E-state index < -0.39 is 47.1 Å². The van der Waals surface area contributed by atoms with E-state index in [9.17, 15) is 57.5 Å². The van der Waals surface area contributed by atoms with E-state index >= 15 is 0 Å². The van der Waals surface area contributed by atoms with E-state index in [4.69, 9.17) is 9.47 Å². The van der Waals surface area contributed by atoms with Crippen molar-refractivity contribution < 1.29 is 71.2 Å². The second-order valence-electron chi connectivity index (χ2n) is 19.8. The molecule has 0 aromatic heterocycles. The van der Waals surface area contributed by atoms with Crippen LogP contribution in [0.5, 0.6) is 0 Å². The average Bonchev–Trinajstić information content (AvgIpc) is 3.02. The van der Waals surface area contributed by atoms with Crippen molar-refractivity contribution >= 4 is 22.3 Å². The maximum absolute atomic E-state index is 12.2. The van der Waals surface area contributed by atoms with E-state index in [2.05, 4.69) is 14.8 Å². The number of rotatable bonds is 16. The number of carbonyl (C=O) groups excluding carboxylic acids is 2. The standard InChI is InChI=1S/C15H26F2N2O2.C13H24N2O2.C10H18F2N2.C3H3F5O3S/c1-15(2,3)21-14(20)19-8-12(9-19)5-4-11-6-18(7-11)10-13(16)17;1-13(2,3)17-12(16)15-8-11(9-15)5-4-10-6-14-7-10;11-10(12)7-14-5-9(6-14)2-1-8-3-13-4-8;4-2(5)1-11-12(9,10)3(6,7)8/h11-13H,4-10H2,1-3H3;10-11,14H,4-9H2,1-3H3;8-10,13H,1-7H2;2H,1H2. The van der Waals surface area contributed by atoms with Crippen molar-refractivity contribution in [2.24, 2.45) is 35.5 Å². The van der Waals surface area contributed by atoms with Crippen LogP contribution in [0.15, 0.2) is 0 Å². The van der Waals surface area contributed by atoms with Crippen LogP contribution >= 0.6 is 0 Å². The Balaban J connectivity index is 0.000000232. The van der Waals surface area contributed by atoms with Gasteiger partial charge in [0.15, 0.2) is 0 Å². The molecular weight excluding hydrogens is 892 g/mol. The maximum Gasteiger partial charge on any atom is 0.523 e. The summed E-state index contributed by atoms with van der Waals surface area (Å²) in [6.45, 7) is 20.8. The van der Waals surface area contributed by atoms with Crippen molar-refractivity contribution in [3.05, 3.63) is 0 Å². The molecule has 0 atom stereocenters. The molecule has 0 radical (unpaired) electrons. The maximum atomic E-state index is 12.2. The summed E-state index contributed by atoms with van der Waals surface area (Å²) in [5.74, 6) is 4.23. The van der Waals surface area contributed by atoms with Gasteiger partial charge < -0.3 is 29.9 Å². The minimum Gasteiger partial charge on any atom is -0.444 e. The van der Waals surface area contributed by atoms with Crippen LogP contribution < -0.4 is 10.6 Å². The molecule has 6 fully saturated rings. The molecule has 2 N–H and O–H groups in total. The molecule has 0 aromatic rings. The van der Waals surface area contributed by atoms with Gasteiger partial charge in [-0.15, -0.1) is 0 Å². The van der Waals surface area contributed by atoms with Gasteiger partial charge in [-0.1, -0.05) is 0 Å². The Morgan fingerprint density at radius 3 is 1.06 bits per heavy atom. The molecule has 2 amide bonds. The van der Waals surface area contributed by atoms with Crippen molar-refractivity contribution in [1.82, 2.24) is 30.2 Å². The van der Waals surface area contributed by atoms with E-state index in [1.807, 2.05) is 56.2 Å². The van der Waals surface area contributed by atoms with Crippen LogP contribution in [0.2, 0.25) is 0 Å². The predicted molar refractivity (Wildman–Crippen MR) is 222 cm³/mol. The van der Waals surface area contributed by atoms with Crippen molar-refractivity contribution in [3.63, 3.8) is 0 Å². The lowest BCUT2D eigenvalue weighted by molar-refractivity contribution is -0.0573. The van der Waals surface area contributed by atoms with E-state index in [0.717, 1.165) is 90.1 Å². The number of hydrogen-bond acceptors (Lipinski definition) is 11. The first-order valence-electron chi connectivity index (χ1n) is 22.2. The molecule has 13 nitrogen and oxygen atoms in total. The van der Waals surface area contributed by atoms with Gasteiger partial charge in [0.25, 0.3) is 19.3 Å². The van der Waals surface area contributed by atoms with Crippen LogP contribution in [0.1, 0.15) is 80.1 Å². The summed E-state index contributed by atoms with van der Waals surface area (Å²) in [4.78, 5) is 30.7. The molecule has 0 unspecified atom stereocenters. The van der Waals surface area contributed by atoms with Gasteiger partial charge in [-0.3, -0.25) is 14.0 Å². The Kier molecular flexibility index (Phi) is 22.0. The first kappa shape index (κ1) is 56.0. The second kappa shape index (κ2) is 25.1. The molecule has 6 rings (SSSR count).